The van der Waals surface area contributed by atoms with Crippen molar-refractivity contribution in [3.8, 4) is 0 Å². The fourth-order valence-electron chi connectivity index (χ4n) is 1.56. The molecule has 0 heterocycles. The summed E-state index contributed by atoms with van der Waals surface area (Å²) in [6, 6.07) is -2.47. The van der Waals surface area contributed by atoms with E-state index in [4.69, 9.17) is 0 Å². The molecule has 162 valence electrons. The minimum atomic E-state index is -7.67. The molecular weight excluding hydrogens is 476 g/mol. The van der Waals surface area contributed by atoms with Crippen molar-refractivity contribution in [2.75, 3.05) is 0 Å². The highest BCUT2D eigenvalue weighted by Crippen LogP contribution is 2.48. The van der Waals surface area contributed by atoms with Gasteiger partial charge in [-0.05, 0) is 12.1 Å². The van der Waals surface area contributed by atoms with Crippen LogP contribution in [0.2, 0.25) is 0 Å². The van der Waals surface area contributed by atoms with E-state index in [2.05, 4.69) is 0 Å². The largest absolute Gasteiger partial charge is 0.458 e. The van der Waals surface area contributed by atoms with Crippen molar-refractivity contribution in [3.05, 3.63) is 29.3 Å². The van der Waals surface area contributed by atoms with E-state index in [-0.39, 0.29) is 0 Å². The monoisotopic (exact) mass is 478 g/mol. The second-order valence-electron chi connectivity index (χ2n) is 4.81. The summed E-state index contributed by atoms with van der Waals surface area (Å²) in [5, 5.41) is -14.1. The molecule has 0 fully saturated rings. The highest BCUT2D eigenvalue weighted by Gasteiger charge is 2.74. The minimum Gasteiger partial charge on any atom is -0.217 e. The van der Waals surface area contributed by atoms with Crippen LogP contribution in [0.25, 0.3) is 0 Å². The molecule has 0 amide bonds. The normalized spacial score (nSPS) is 15.0. The summed E-state index contributed by atoms with van der Waals surface area (Å²) < 4.78 is 198. The van der Waals surface area contributed by atoms with Crippen LogP contribution in [0, 0.1) is 11.6 Å². The molecule has 1 aromatic rings. The van der Waals surface area contributed by atoms with Gasteiger partial charge in [-0.1, -0.05) is 3.89 Å². The number of hydrogen-bond acceptors (Lipinski definition) is 4. The summed E-state index contributed by atoms with van der Waals surface area (Å²) in [6.45, 7) is 0. The minimum absolute atomic E-state index is 1.23. The second kappa shape index (κ2) is 6.39. The smallest absolute Gasteiger partial charge is 0.217 e. The quantitative estimate of drug-likeness (QED) is 0.476. The predicted molar refractivity (Wildman–Crippen MR) is 63.4 cm³/mol. The van der Waals surface area contributed by atoms with Gasteiger partial charge in [0.2, 0.25) is 0 Å². The van der Waals surface area contributed by atoms with Crippen LogP contribution < -0.4 is 0 Å². The van der Waals surface area contributed by atoms with Gasteiger partial charge < -0.3 is 0 Å². The zero-order chi connectivity index (χ0) is 22.7. The molecule has 1 rings (SSSR count). The average Bonchev–Trinajstić information content (AvgIpc) is 2.46. The molecule has 0 saturated carbocycles. The summed E-state index contributed by atoms with van der Waals surface area (Å²) >= 11 is 0. The van der Waals surface area contributed by atoms with E-state index in [9.17, 15) is 69.0 Å². The SMILES string of the molecule is O=S(=O)(F)C(F)(F)C(F)(F)S(=O)(=O)c1cc(F)c(C(F)(F)C(F)(F)F)cc1F. The van der Waals surface area contributed by atoms with Crippen LogP contribution in [-0.4, -0.2) is 33.5 Å². The van der Waals surface area contributed by atoms with E-state index in [0.717, 1.165) is 0 Å². The fraction of sp³-hybridized carbons (Fsp3) is 0.400. The lowest BCUT2D eigenvalue weighted by Crippen LogP contribution is -2.50. The molecule has 0 atom stereocenters. The first-order chi connectivity index (χ1) is 12.0. The third kappa shape index (κ3) is 3.39. The molecule has 28 heavy (non-hydrogen) atoms. The van der Waals surface area contributed by atoms with Crippen molar-refractivity contribution in [1.29, 1.82) is 0 Å². The Labute approximate surface area is 146 Å². The molecule has 0 unspecified atom stereocenters. The number of rotatable bonds is 5. The standard InChI is InChI=1S/C10H2F12O4S2/c11-4-2-6(5(12)1-3(4)7(13,14)8(15,16)17)27(23,24)9(18,19)10(20,21)28(22,25)26/h1-2H. The summed E-state index contributed by atoms with van der Waals surface area (Å²) in [5.41, 5.74) is -2.90. The number of sulfone groups is 1. The van der Waals surface area contributed by atoms with Gasteiger partial charge in [-0.15, -0.1) is 0 Å². The Balaban J connectivity index is 3.78. The molecule has 0 radical (unpaired) electrons. The molecule has 18 heteroatoms. The van der Waals surface area contributed by atoms with E-state index in [1.807, 2.05) is 0 Å². The topological polar surface area (TPSA) is 68.3 Å². The summed E-state index contributed by atoms with van der Waals surface area (Å²) in [7, 11) is -15.0. The number of benzene rings is 1. The van der Waals surface area contributed by atoms with Crippen LogP contribution in [0.1, 0.15) is 5.56 Å². The Hall–Kier alpha value is -1.72. The Kier molecular flexibility index (Phi) is 5.55. The lowest BCUT2D eigenvalue weighted by atomic mass is 10.1. The van der Waals surface area contributed by atoms with Gasteiger partial charge in [-0.3, -0.25) is 0 Å². The number of alkyl halides is 9. The van der Waals surface area contributed by atoms with Gasteiger partial charge in [0, 0.05) is 0 Å². The Morgan fingerprint density at radius 3 is 1.46 bits per heavy atom. The highest BCUT2D eigenvalue weighted by molar-refractivity contribution is 7.94. The summed E-state index contributed by atoms with van der Waals surface area (Å²) in [5.74, 6) is -12.2. The third-order valence-electron chi connectivity index (χ3n) is 2.99. The molecule has 0 aliphatic heterocycles. The fourth-order valence-corrected chi connectivity index (χ4v) is 3.64. The lowest BCUT2D eigenvalue weighted by Gasteiger charge is -2.24. The number of halogens is 12. The van der Waals surface area contributed by atoms with Crippen LogP contribution in [0.5, 0.6) is 0 Å². The van der Waals surface area contributed by atoms with Crippen molar-refractivity contribution in [2.24, 2.45) is 0 Å². The van der Waals surface area contributed by atoms with Gasteiger partial charge in [0.05, 0.1) is 5.56 Å². The van der Waals surface area contributed by atoms with Gasteiger partial charge in [0.25, 0.3) is 9.84 Å². The predicted octanol–water partition coefficient (Wildman–Crippen LogP) is 3.88. The molecule has 0 aliphatic carbocycles. The first kappa shape index (κ1) is 24.3. The van der Waals surface area contributed by atoms with Crippen molar-refractivity contribution >= 4 is 20.1 Å². The lowest BCUT2D eigenvalue weighted by molar-refractivity contribution is -0.290. The second-order valence-corrected chi connectivity index (χ2v) is 8.16. The first-order valence-electron chi connectivity index (χ1n) is 5.92. The van der Waals surface area contributed by atoms with Crippen LogP contribution >= 0.6 is 0 Å². The van der Waals surface area contributed by atoms with Crippen molar-refractivity contribution in [3.63, 3.8) is 0 Å². The van der Waals surface area contributed by atoms with E-state index in [1.54, 1.807) is 0 Å². The molecule has 0 aromatic heterocycles. The van der Waals surface area contributed by atoms with Gasteiger partial charge in [0.15, 0.2) is 0 Å². The van der Waals surface area contributed by atoms with Crippen molar-refractivity contribution in [2.45, 2.75) is 27.5 Å². The molecular formula is C10H2F12O4S2. The van der Waals surface area contributed by atoms with Crippen LogP contribution in [0.3, 0.4) is 0 Å². The van der Waals surface area contributed by atoms with Gasteiger partial charge in [-0.2, -0.15) is 47.9 Å². The van der Waals surface area contributed by atoms with Crippen LogP contribution in [-0.2, 0) is 26.0 Å². The number of hydrogen-bond donors (Lipinski definition) is 0. The maximum absolute atomic E-state index is 13.6. The molecule has 0 saturated heterocycles. The zero-order valence-electron chi connectivity index (χ0n) is 12.1. The van der Waals surface area contributed by atoms with Gasteiger partial charge in [0.1, 0.15) is 16.5 Å². The molecule has 1 aromatic carbocycles. The maximum Gasteiger partial charge on any atom is 0.458 e. The van der Waals surface area contributed by atoms with Gasteiger partial charge >= 0.3 is 32.8 Å². The molecule has 4 nitrogen and oxygen atoms in total. The Morgan fingerprint density at radius 2 is 1.11 bits per heavy atom. The Morgan fingerprint density at radius 1 is 0.679 bits per heavy atom. The average molecular weight is 478 g/mol. The molecule has 0 N–H and O–H groups in total. The van der Waals surface area contributed by atoms with E-state index < -0.39 is 76.9 Å². The van der Waals surface area contributed by atoms with Crippen LogP contribution in [0.4, 0.5) is 52.2 Å². The van der Waals surface area contributed by atoms with E-state index >= 15 is 0 Å². The maximum atomic E-state index is 13.6. The summed E-state index contributed by atoms with van der Waals surface area (Å²) in [6.07, 6.45) is -6.57. The zero-order valence-corrected chi connectivity index (χ0v) is 13.8. The van der Waals surface area contributed by atoms with E-state index in [1.165, 1.54) is 0 Å². The van der Waals surface area contributed by atoms with Crippen molar-refractivity contribution in [1.82, 2.24) is 0 Å². The van der Waals surface area contributed by atoms with Gasteiger partial charge in [-0.25, -0.2) is 17.2 Å². The highest BCUT2D eigenvalue weighted by atomic mass is 32.3. The Bertz CT molecular complexity index is 994. The molecule has 0 spiro atoms. The summed E-state index contributed by atoms with van der Waals surface area (Å²) in [4.78, 5) is -2.93. The third-order valence-corrected chi connectivity index (χ3v) is 5.81. The molecule has 0 aliphatic rings. The molecule has 0 bridgehead atoms. The van der Waals surface area contributed by atoms with Crippen molar-refractivity contribution < 1.29 is 69.0 Å². The van der Waals surface area contributed by atoms with Crippen LogP contribution in [0.15, 0.2) is 17.0 Å². The van der Waals surface area contributed by atoms with E-state index in [0.29, 0.717) is 0 Å². The first-order valence-corrected chi connectivity index (χ1v) is 8.78.